The lowest BCUT2D eigenvalue weighted by Crippen LogP contribution is -2.47. The molecule has 1 heterocycles. The fourth-order valence-corrected chi connectivity index (χ4v) is 2.71. The van der Waals surface area contributed by atoms with Crippen molar-refractivity contribution in [2.24, 2.45) is 0 Å². The first-order chi connectivity index (χ1) is 12.4. The zero-order valence-electron chi connectivity index (χ0n) is 15.4. The molecular formula is C19H24N4O3. The summed E-state index contributed by atoms with van der Waals surface area (Å²) in [5.41, 5.74) is 2.78. The van der Waals surface area contributed by atoms with Crippen LogP contribution in [0.2, 0.25) is 0 Å². The van der Waals surface area contributed by atoms with Gasteiger partial charge in [-0.1, -0.05) is 17.7 Å². The predicted octanol–water partition coefficient (Wildman–Crippen LogP) is 2.42. The molecule has 0 bridgehead atoms. The van der Waals surface area contributed by atoms with Crippen LogP contribution in [0.1, 0.15) is 18.1 Å². The van der Waals surface area contributed by atoms with Crippen LogP contribution in [-0.2, 0) is 9.53 Å². The van der Waals surface area contributed by atoms with Gasteiger partial charge in [0.1, 0.15) is 11.6 Å². The first kappa shape index (κ1) is 19.3. The Morgan fingerprint density at radius 2 is 1.96 bits per heavy atom. The molecule has 0 saturated carbocycles. The topological polar surface area (TPSA) is 85.7 Å². The quantitative estimate of drug-likeness (QED) is 0.661. The summed E-state index contributed by atoms with van der Waals surface area (Å²) in [4.78, 5) is 27.6. The number of nitrogens with one attached hydrogen (secondary N) is 1. The maximum Gasteiger partial charge on any atom is 0.409 e. The highest BCUT2D eigenvalue weighted by molar-refractivity contribution is 6.06. The molecule has 0 unspecified atom stereocenters. The third-order valence-electron chi connectivity index (χ3n) is 4.15. The Balaban J connectivity index is 1.98. The minimum atomic E-state index is -0.438. The summed E-state index contributed by atoms with van der Waals surface area (Å²) in [5.74, 6) is -0.438. The van der Waals surface area contributed by atoms with Crippen molar-refractivity contribution in [1.29, 1.82) is 5.26 Å². The molecule has 1 aliphatic rings. The zero-order valence-corrected chi connectivity index (χ0v) is 15.4. The summed E-state index contributed by atoms with van der Waals surface area (Å²) in [6, 6.07) is 7.67. The van der Waals surface area contributed by atoms with Gasteiger partial charge in [0.25, 0.3) is 5.91 Å². The number of carbonyl (C=O) groups is 2. The number of amides is 2. The van der Waals surface area contributed by atoms with E-state index in [4.69, 9.17) is 4.74 Å². The van der Waals surface area contributed by atoms with E-state index >= 15 is 0 Å². The van der Waals surface area contributed by atoms with Gasteiger partial charge in [0, 0.05) is 38.1 Å². The minimum Gasteiger partial charge on any atom is -0.450 e. The van der Waals surface area contributed by atoms with Crippen molar-refractivity contribution in [1.82, 2.24) is 9.80 Å². The second-order valence-electron chi connectivity index (χ2n) is 6.15. The fourth-order valence-electron chi connectivity index (χ4n) is 2.71. The molecule has 1 aromatic rings. The van der Waals surface area contributed by atoms with E-state index in [1.165, 1.54) is 0 Å². The molecule has 0 radical (unpaired) electrons. The Hall–Kier alpha value is -3.01. The highest BCUT2D eigenvalue weighted by Crippen LogP contribution is 2.17. The molecule has 0 aromatic heterocycles. The molecule has 2 amide bonds. The second kappa shape index (κ2) is 8.90. The highest BCUT2D eigenvalue weighted by atomic mass is 16.6. The summed E-state index contributed by atoms with van der Waals surface area (Å²) in [5, 5.41) is 12.1. The smallest absolute Gasteiger partial charge is 0.409 e. The van der Waals surface area contributed by atoms with Crippen molar-refractivity contribution >= 4 is 17.7 Å². The average Bonchev–Trinajstić information content (AvgIpc) is 2.62. The molecule has 1 aromatic carbocycles. The Kier molecular flexibility index (Phi) is 6.61. The molecular weight excluding hydrogens is 332 g/mol. The number of nitrogens with zero attached hydrogens (tertiary/aromatic N) is 3. The summed E-state index contributed by atoms with van der Waals surface area (Å²) in [6.07, 6.45) is 1.23. The second-order valence-corrected chi connectivity index (χ2v) is 6.15. The van der Waals surface area contributed by atoms with Gasteiger partial charge in [-0.05, 0) is 32.4 Å². The first-order valence-corrected chi connectivity index (χ1v) is 8.61. The minimum absolute atomic E-state index is 0.0366. The molecule has 1 N–H and O–H groups in total. The Bertz CT molecular complexity index is 744. The lowest BCUT2D eigenvalue weighted by Gasteiger charge is -2.33. The third-order valence-corrected chi connectivity index (χ3v) is 4.15. The lowest BCUT2D eigenvalue weighted by atomic mass is 10.1. The number of ether oxygens (including phenoxy) is 1. The largest absolute Gasteiger partial charge is 0.450 e. The third kappa shape index (κ3) is 4.99. The van der Waals surface area contributed by atoms with Gasteiger partial charge in [-0.25, -0.2) is 4.79 Å². The maximum atomic E-state index is 12.4. The van der Waals surface area contributed by atoms with E-state index in [2.05, 4.69) is 5.32 Å². The summed E-state index contributed by atoms with van der Waals surface area (Å²) in [6.45, 7) is 8.07. The average molecular weight is 356 g/mol. The number of hydrogen-bond acceptors (Lipinski definition) is 5. The van der Waals surface area contributed by atoms with Crippen LogP contribution in [0.5, 0.6) is 0 Å². The van der Waals surface area contributed by atoms with Crippen molar-refractivity contribution in [3.05, 3.63) is 41.1 Å². The number of piperazine rings is 1. The lowest BCUT2D eigenvalue weighted by molar-refractivity contribution is -0.112. The van der Waals surface area contributed by atoms with Gasteiger partial charge >= 0.3 is 6.09 Å². The van der Waals surface area contributed by atoms with Gasteiger partial charge in [-0.2, -0.15) is 5.26 Å². The van der Waals surface area contributed by atoms with Crippen LogP contribution in [0.4, 0.5) is 10.5 Å². The molecule has 1 fully saturated rings. The molecule has 7 heteroatoms. The van der Waals surface area contributed by atoms with Crippen molar-refractivity contribution in [3.63, 3.8) is 0 Å². The molecule has 138 valence electrons. The van der Waals surface area contributed by atoms with E-state index in [9.17, 15) is 14.9 Å². The van der Waals surface area contributed by atoms with E-state index in [0.717, 1.165) is 11.1 Å². The molecule has 0 spiro atoms. The SMILES string of the molecule is CCOC(=O)N1CCN(/C=C(/C#N)C(=O)Nc2ccc(C)cc2C)CC1. The molecule has 26 heavy (non-hydrogen) atoms. The summed E-state index contributed by atoms with van der Waals surface area (Å²) in [7, 11) is 0. The molecule has 1 saturated heterocycles. The van der Waals surface area contributed by atoms with Crippen LogP contribution in [0, 0.1) is 25.2 Å². The van der Waals surface area contributed by atoms with Gasteiger partial charge in [0.05, 0.1) is 6.61 Å². The standard InChI is InChI=1S/C19H24N4O3/c1-4-26-19(25)23-9-7-22(8-10-23)13-16(12-20)18(24)21-17-6-5-14(2)11-15(17)3/h5-6,11,13H,4,7-10H2,1-3H3,(H,21,24)/b16-13-. The predicted molar refractivity (Wildman–Crippen MR) is 98.4 cm³/mol. The maximum absolute atomic E-state index is 12.4. The van der Waals surface area contributed by atoms with Crippen molar-refractivity contribution in [3.8, 4) is 6.07 Å². The molecule has 2 rings (SSSR count). The van der Waals surface area contributed by atoms with Gasteiger partial charge < -0.3 is 19.9 Å². The van der Waals surface area contributed by atoms with E-state index in [0.29, 0.717) is 38.5 Å². The normalized spacial score (nSPS) is 14.6. The molecule has 0 atom stereocenters. The zero-order chi connectivity index (χ0) is 19.1. The number of nitriles is 1. The van der Waals surface area contributed by atoms with Crippen LogP contribution in [0.15, 0.2) is 30.0 Å². The first-order valence-electron chi connectivity index (χ1n) is 8.61. The van der Waals surface area contributed by atoms with Crippen LogP contribution >= 0.6 is 0 Å². The van der Waals surface area contributed by atoms with Crippen molar-refractivity contribution in [2.75, 3.05) is 38.1 Å². The highest BCUT2D eigenvalue weighted by Gasteiger charge is 2.21. The Morgan fingerprint density at radius 3 is 2.54 bits per heavy atom. The fraction of sp³-hybridized carbons (Fsp3) is 0.421. The number of rotatable bonds is 4. The van der Waals surface area contributed by atoms with Crippen LogP contribution in [-0.4, -0.2) is 54.6 Å². The number of carbonyl (C=O) groups excluding carboxylic acids is 2. The van der Waals surface area contributed by atoms with Crippen LogP contribution in [0.25, 0.3) is 0 Å². The monoisotopic (exact) mass is 356 g/mol. The van der Waals surface area contributed by atoms with Crippen molar-refractivity contribution in [2.45, 2.75) is 20.8 Å². The van der Waals surface area contributed by atoms with E-state index in [1.54, 1.807) is 18.0 Å². The van der Waals surface area contributed by atoms with E-state index in [1.807, 2.05) is 43.0 Å². The summed E-state index contributed by atoms with van der Waals surface area (Å²) < 4.78 is 4.98. The Labute approximate surface area is 153 Å². The Morgan fingerprint density at radius 1 is 1.27 bits per heavy atom. The number of benzene rings is 1. The van der Waals surface area contributed by atoms with Gasteiger partial charge in [-0.15, -0.1) is 0 Å². The van der Waals surface area contributed by atoms with E-state index in [-0.39, 0.29) is 11.7 Å². The van der Waals surface area contributed by atoms with Crippen LogP contribution in [0.3, 0.4) is 0 Å². The van der Waals surface area contributed by atoms with Gasteiger partial charge in [0.2, 0.25) is 0 Å². The van der Waals surface area contributed by atoms with Gasteiger partial charge in [0.15, 0.2) is 0 Å². The van der Waals surface area contributed by atoms with E-state index < -0.39 is 5.91 Å². The number of anilines is 1. The number of aryl methyl sites for hydroxylation is 2. The molecule has 1 aliphatic heterocycles. The molecule has 7 nitrogen and oxygen atoms in total. The summed E-state index contributed by atoms with van der Waals surface area (Å²) >= 11 is 0. The van der Waals surface area contributed by atoms with Crippen molar-refractivity contribution < 1.29 is 14.3 Å². The van der Waals surface area contributed by atoms with Crippen LogP contribution < -0.4 is 5.32 Å². The van der Waals surface area contributed by atoms with Gasteiger partial charge in [-0.3, -0.25) is 4.79 Å². The molecule has 0 aliphatic carbocycles. The number of hydrogen-bond donors (Lipinski definition) is 1.